The van der Waals surface area contributed by atoms with E-state index in [0.29, 0.717) is 11.8 Å². The van der Waals surface area contributed by atoms with Crippen LogP contribution in [0.2, 0.25) is 0 Å². The van der Waals surface area contributed by atoms with E-state index >= 15 is 0 Å². The Kier molecular flexibility index (Phi) is 5.18. The van der Waals surface area contributed by atoms with Gasteiger partial charge >= 0.3 is 0 Å². The predicted octanol–water partition coefficient (Wildman–Crippen LogP) is 3.77. The minimum absolute atomic E-state index is 0.0245. The van der Waals surface area contributed by atoms with Crippen molar-refractivity contribution in [1.29, 1.82) is 0 Å². The van der Waals surface area contributed by atoms with Crippen LogP contribution in [0.5, 0.6) is 5.75 Å². The van der Waals surface area contributed by atoms with Crippen molar-refractivity contribution in [3.05, 3.63) is 59.7 Å². The number of amides is 1. The molecular formula is C16H16BrNO2. The lowest BCUT2D eigenvalue weighted by Crippen LogP contribution is -2.15. The number of para-hydroxylation sites is 1. The number of rotatable bonds is 5. The zero-order chi connectivity index (χ0) is 14.4. The number of alkyl halides is 1. The van der Waals surface area contributed by atoms with Crippen LogP contribution in [0.25, 0.3) is 0 Å². The van der Waals surface area contributed by atoms with E-state index in [2.05, 4.69) is 21.2 Å². The fourth-order valence-corrected chi connectivity index (χ4v) is 2.37. The summed E-state index contributed by atoms with van der Waals surface area (Å²) in [5.74, 6) is 0.766. The number of anilines is 1. The molecule has 2 aromatic carbocycles. The van der Waals surface area contributed by atoms with Crippen molar-refractivity contribution in [3.8, 4) is 5.75 Å². The third kappa shape index (κ3) is 3.84. The van der Waals surface area contributed by atoms with Gasteiger partial charge in [-0.3, -0.25) is 4.79 Å². The van der Waals surface area contributed by atoms with Gasteiger partial charge in [0.1, 0.15) is 5.75 Å². The lowest BCUT2D eigenvalue weighted by Gasteiger charge is -2.09. The highest BCUT2D eigenvalue weighted by Gasteiger charge is 2.07. The number of hydrogen-bond acceptors (Lipinski definition) is 2. The maximum Gasteiger partial charge on any atom is 0.228 e. The van der Waals surface area contributed by atoms with E-state index in [-0.39, 0.29) is 5.91 Å². The molecule has 0 bridgehead atoms. The van der Waals surface area contributed by atoms with Gasteiger partial charge < -0.3 is 10.1 Å². The van der Waals surface area contributed by atoms with Gasteiger partial charge in [-0.15, -0.1) is 0 Å². The molecule has 0 saturated carbocycles. The van der Waals surface area contributed by atoms with Crippen molar-refractivity contribution in [2.45, 2.75) is 11.8 Å². The summed E-state index contributed by atoms with van der Waals surface area (Å²) in [5.41, 5.74) is 2.87. The minimum atomic E-state index is -0.0245. The van der Waals surface area contributed by atoms with Crippen LogP contribution in [0.4, 0.5) is 5.69 Å². The summed E-state index contributed by atoms with van der Waals surface area (Å²) in [5, 5.41) is 3.65. The molecule has 0 radical (unpaired) electrons. The summed E-state index contributed by atoms with van der Waals surface area (Å²) in [6.07, 6.45) is 0.348. The van der Waals surface area contributed by atoms with Gasteiger partial charge in [-0.2, -0.15) is 0 Å². The Morgan fingerprint density at radius 2 is 1.85 bits per heavy atom. The van der Waals surface area contributed by atoms with E-state index < -0.39 is 0 Å². The molecule has 104 valence electrons. The maximum atomic E-state index is 12.0. The molecule has 0 fully saturated rings. The quantitative estimate of drug-likeness (QED) is 0.846. The molecule has 0 atom stereocenters. The van der Waals surface area contributed by atoms with Crippen LogP contribution in [0.3, 0.4) is 0 Å². The van der Waals surface area contributed by atoms with Gasteiger partial charge in [0.2, 0.25) is 5.91 Å². The fourth-order valence-electron chi connectivity index (χ4n) is 1.88. The Hall–Kier alpha value is -1.81. The summed E-state index contributed by atoms with van der Waals surface area (Å²) < 4.78 is 5.09. The molecule has 0 aromatic heterocycles. The Labute approximate surface area is 127 Å². The number of hydrogen-bond donors (Lipinski definition) is 1. The summed E-state index contributed by atoms with van der Waals surface area (Å²) in [7, 11) is 1.62. The first-order valence-corrected chi connectivity index (χ1v) is 7.41. The Balaban J connectivity index is 2.01. The van der Waals surface area contributed by atoms with Crippen molar-refractivity contribution in [2.75, 3.05) is 12.4 Å². The van der Waals surface area contributed by atoms with Crippen molar-refractivity contribution >= 4 is 27.5 Å². The molecule has 1 amide bonds. The van der Waals surface area contributed by atoms with Gasteiger partial charge in [-0.25, -0.2) is 0 Å². The van der Waals surface area contributed by atoms with Crippen molar-refractivity contribution < 1.29 is 9.53 Å². The second-order valence-corrected chi connectivity index (χ2v) is 4.92. The topological polar surface area (TPSA) is 38.3 Å². The molecule has 4 heteroatoms. The Morgan fingerprint density at radius 3 is 2.50 bits per heavy atom. The molecule has 0 spiro atoms. The first-order valence-electron chi connectivity index (χ1n) is 6.29. The smallest absolute Gasteiger partial charge is 0.228 e. The molecule has 0 aliphatic heterocycles. The molecule has 0 aliphatic rings. The molecule has 3 nitrogen and oxygen atoms in total. The molecule has 0 heterocycles. The van der Waals surface area contributed by atoms with Crippen molar-refractivity contribution in [2.24, 2.45) is 0 Å². The summed E-state index contributed by atoms with van der Waals surface area (Å²) in [6, 6.07) is 15.3. The monoisotopic (exact) mass is 333 g/mol. The zero-order valence-corrected chi connectivity index (χ0v) is 12.8. The molecule has 1 N–H and O–H groups in total. The molecule has 0 aliphatic carbocycles. The second-order valence-electron chi connectivity index (χ2n) is 4.36. The van der Waals surface area contributed by atoms with Gasteiger partial charge in [0.05, 0.1) is 13.5 Å². The van der Waals surface area contributed by atoms with E-state index in [1.165, 1.54) is 0 Å². The highest BCUT2D eigenvalue weighted by Crippen LogP contribution is 2.18. The highest BCUT2D eigenvalue weighted by molar-refractivity contribution is 9.08. The Morgan fingerprint density at radius 1 is 1.15 bits per heavy atom. The van der Waals surface area contributed by atoms with E-state index in [0.717, 1.165) is 22.6 Å². The van der Waals surface area contributed by atoms with Gasteiger partial charge in [0.15, 0.2) is 0 Å². The van der Waals surface area contributed by atoms with Crippen LogP contribution in [-0.4, -0.2) is 13.0 Å². The van der Waals surface area contributed by atoms with Crippen LogP contribution in [0.1, 0.15) is 11.1 Å². The number of ether oxygens (including phenoxy) is 1. The number of methoxy groups -OCH3 is 1. The van der Waals surface area contributed by atoms with Crippen LogP contribution < -0.4 is 10.1 Å². The summed E-state index contributed by atoms with van der Waals surface area (Å²) >= 11 is 3.42. The maximum absolute atomic E-state index is 12.0. The zero-order valence-electron chi connectivity index (χ0n) is 11.2. The highest BCUT2D eigenvalue weighted by atomic mass is 79.9. The number of benzene rings is 2. The van der Waals surface area contributed by atoms with Crippen LogP contribution >= 0.6 is 15.9 Å². The van der Waals surface area contributed by atoms with Crippen LogP contribution in [0, 0.1) is 0 Å². The third-order valence-corrected chi connectivity index (χ3v) is 3.56. The van der Waals surface area contributed by atoms with Crippen LogP contribution in [-0.2, 0) is 16.5 Å². The normalized spacial score (nSPS) is 10.1. The molecule has 2 aromatic rings. The van der Waals surface area contributed by atoms with E-state index in [1.54, 1.807) is 7.11 Å². The minimum Gasteiger partial charge on any atom is -0.497 e. The number of carbonyl (C=O) groups is 1. The third-order valence-electron chi connectivity index (χ3n) is 2.96. The van der Waals surface area contributed by atoms with Gasteiger partial charge in [0, 0.05) is 11.0 Å². The first kappa shape index (κ1) is 14.6. The second kappa shape index (κ2) is 7.10. The Bertz CT molecular complexity index is 581. The molecule has 2 rings (SSSR count). The van der Waals surface area contributed by atoms with E-state index in [4.69, 9.17) is 4.74 Å². The average molecular weight is 334 g/mol. The van der Waals surface area contributed by atoms with Gasteiger partial charge in [0.25, 0.3) is 0 Å². The first-order chi connectivity index (χ1) is 9.72. The standard InChI is InChI=1S/C16H16BrNO2/c1-20-14-8-6-12(7-9-14)10-16(19)18-15-5-3-2-4-13(15)11-17/h2-9H,10-11H2,1H3,(H,18,19). The number of halogens is 1. The van der Waals surface area contributed by atoms with Crippen LogP contribution in [0.15, 0.2) is 48.5 Å². The fraction of sp³-hybridized carbons (Fsp3) is 0.188. The SMILES string of the molecule is COc1ccc(CC(=O)Nc2ccccc2CBr)cc1. The molecule has 0 unspecified atom stereocenters. The van der Waals surface area contributed by atoms with Gasteiger partial charge in [-0.1, -0.05) is 46.3 Å². The van der Waals surface area contributed by atoms with E-state index in [9.17, 15) is 4.79 Å². The number of carbonyl (C=O) groups excluding carboxylic acids is 1. The molecule has 0 saturated heterocycles. The van der Waals surface area contributed by atoms with E-state index in [1.807, 2.05) is 48.5 Å². The van der Waals surface area contributed by atoms with Crippen molar-refractivity contribution in [1.82, 2.24) is 0 Å². The lowest BCUT2D eigenvalue weighted by molar-refractivity contribution is -0.115. The average Bonchev–Trinajstić information content (AvgIpc) is 2.48. The summed E-state index contributed by atoms with van der Waals surface area (Å²) in [6.45, 7) is 0. The largest absolute Gasteiger partial charge is 0.497 e. The lowest BCUT2D eigenvalue weighted by atomic mass is 10.1. The summed E-state index contributed by atoms with van der Waals surface area (Å²) in [4.78, 5) is 12.0. The predicted molar refractivity (Wildman–Crippen MR) is 84.4 cm³/mol. The molecule has 20 heavy (non-hydrogen) atoms. The number of nitrogens with one attached hydrogen (secondary N) is 1. The van der Waals surface area contributed by atoms with Crippen molar-refractivity contribution in [3.63, 3.8) is 0 Å². The molecular weight excluding hydrogens is 318 g/mol. The van der Waals surface area contributed by atoms with Gasteiger partial charge in [-0.05, 0) is 29.3 Å².